The van der Waals surface area contributed by atoms with Crippen molar-refractivity contribution in [2.24, 2.45) is 0 Å². The zero-order chi connectivity index (χ0) is 13.0. The largest absolute Gasteiger partial charge is 0.289 e. The van der Waals surface area contributed by atoms with Gasteiger partial charge in [0.1, 0.15) is 0 Å². The Morgan fingerprint density at radius 3 is 2.50 bits per heavy atom. The molecule has 0 aliphatic heterocycles. The van der Waals surface area contributed by atoms with Crippen molar-refractivity contribution in [3.05, 3.63) is 71.8 Å². The maximum atomic E-state index is 11.7. The van der Waals surface area contributed by atoms with Crippen molar-refractivity contribution in [2.45, 2.75) is 0 Å². The summed E-state index contributed by atoms with van der Waals surface area (Å²) in [5, 5.41) is 0. The fraction of sp³-hybridized carbons (Fsp3) is 0. The van der Waals surface area contributed by atoms with Crippen LogP contribution in [0.15, 0.2) is 66.3 Å². The van der Waals surface area contributed by atoms with Gasteiger partial charge in [-0.15, -0.1) is 0 Å². The molecule has 0 amide bonds. The van der Waals surface area contributed by atoms with Gasteiger partial charge in [-0.1, -0.05) is 42.5 Å². The normalized spacial score (nSPS) is 15.0. The molecule has 0 saturated carbocycles. The summed E-state index contributed by atoms with van der Waals surface area (Å²) in [6.07, 6.45) is 6.89. The Bertz CT molecular complexity index is 589. The van der Waals surface area contributed by atoms with E-state index in [1.807, 2.05) is 6.07 Å². The van der Waals surface area contributed by atoms with Gasteiger partial charge in [-0.05, 0) is 18.2 Å². The number of Topliss-reactive ketones (excluding diaryl/α,β-unsaturated/α-hetero) is 1. The fourth-order valence-electron chi connectivity index (χ4n) is 1.53. The van der Waals surface area contributed by atoms with Crippen molar-refractivity contribution < 1.29 is 14.4 Å². The molecule has 2 rings (SSSR count). The first-order valence-electron chi connectivity index (χ1n) is 5.43. The minimum Gasteiger partial charge on any atom is -0.289 e. The van der Waals surface area contributed by atoms with Gasteiger partial charge in [0.2, 0.25) is 11.6 Å². The first-order chi connectivity index (χ1) is 8.68. The molecular formula is C15H10O3. The van der Waals surface area contributed by atoms with Crippen LogP contribution in [0.5, 0.6) is 0 Å². The van der Waals surface area contributed by atoms with Crippen LogP contribution in [0.1, 0.15) is 10.4 Å². The standard InChI is InChI=1S/C15H10O3/c16-13(11-5-2-1-3-6-11)10-9-12-7-4-8-14(17)15(12)18/h1-10H. The van der Waals surface area contributed by atoms with Crippen LogP contribution in [0, 0.1) is 0 Å². The first kappa shape index (κ1) is 11.9. The van der Waals surface area contributed by atoms with E-state index in [1.165, 1.54) is 30.4 Å². The van der Waals surface area contributed by atoms with Crippen molar-refractivity contribution in [3.8, 4) is 0 Å². The molecule has 0 atom stereocenters. The minimum atomic E-state index is -0.588. The summed E-state index contributed by atoms with van der Waals surface area (Å²) >= 11 is 0. The SMILES string of the molecule is O=C1C=CC=C(C=CC(=O)c2ccccc2)C1=O. The van der Waals surface area contributed by atoms with Gasteiger partial charge < -0.3 is 0 Å². The molecule has 1 aromatic carbocycles. The van der Waals surface area contributed by atoms with E-state index in [1.54, 1.807) is 24.3 Å². The van der Waals surface area contributed by atoms with E-state index >= 15 is 0 Å². The molecule has 0 heterocycles. The number of ketones is 3. The second-order valence-corrected chi connectivity index (χ2v) is 3.74. The lowest BCUT2D eigenvalue weighted by Gasteiger charge is -2.01. The Hall–Kier alpha value is -2.55. The molecular weight excluding hydrogens is 228 g/mol. The van der Waals surface area contributed by atoms with Crippen LogP contribution in [0.2, 0.25) is 0 Å². The number of carbonyl (C=O) groups excluding carboxylic acids is 3. The van der Waals surface area contributed by atoms with Crippen LogP contribution in [0.3, 0.4) is 0 Å². The summed E-state index contributed by atoms with van der Waals surface area (Å²) < 4.78 is 0. The van der Waals surface area contributed by atoms with E-state index in [0.29, 0.717) is 5.56 Å². The molecule has 3 heteroatoms. The zero-order valence-corrected chi connectivity index (χ0v) is 9.50. The molecule has 0 fully saturated rings. The first-order valence-corrected chi connectivity index (χ1v) is 5.43. The molecule has 18 heavy (non-hydrogen) atoms. The predicted molar refractivity (Wildman–Crippen MR) is 67.1 cm³/mol. The average molecular weight is 238 g/mol. The summed E-state index contributed by atoms with van der Waals surface area (Å²) in [5.74, 6) is -1.36. The highest BCUT2D eigenvalue weighted by molar-refractivity contribution is 6.48. The van der Waals surface area contributed by atoms with Crippen molar-refractivity contribution >= 4 is 17.3 Å². The summed E-state index contributed by atoms with van der Waals surface area (Å²) in [4.78, 5) is 34.3. The molecule has 0 unspecified atom stereocenters. The van der Waals surface area contributed by atoms with Gasteiger partial charge in [0.05, 0.1) is 0 Å². The van der Waals surface area contributed by atoms with E-state index in [2.05, 4.69) is 0 Å². The smallest absolute Gasteiger partial charge is 0.232 e. The lowest BCUT2D eigenvalue weighted by atomic mass is 10.0. The third-order valence-electron chi connectivity index (χ3n) is 2.48. The Balaban J connectivity index is 2.15. The zero-order valence-electron chi connectivity index (χ0n) is 9.50. The van der Waals surface area contributed by atoms with Crippen LogP contribution >= 0.6 is 0 Å². The van der Waals surface area contributed by atoms with Gasteiger partial charge >= 0.3 is 0 Å². The van der Waals surface area contributed by atoms with Crippen molar-refractivity contribution in [1.29, 1.82) is 0 Å². The molecule has 0 saturated heterocycles. The second kappa shape index (κ2) is 5.19. The minimum absolute atomic E-state index is 0.202. The van der Waals surface area contributed by atoms with Crippen LogP contribution in [0.25, 0.3) is 0 Å². The molecule has 1 aliphatic rings. The summed E-state index contributed by atoms with van der Waals surface area (Å²) in [6, 6.07) is 8.72. The summed E-state index contributed by atoms with van der Waals surface area (Å²) in [5.41, 5.74) is 0.770. The van der Waals surface area contributed by atoms with Gasteiger partial charge in [-0.25, -0.2) is 0 Å². The van der Waals surface area contributed by atoms with Gasteiger partial charge in [-0.2, -0.15) is 0 Å². The van der Waals surface area contributed by atoms with Gasteiger partial charge in [0, 0.05) is 11.1 Å². The molecule has 0 aromatic heterocycles. The molecule has 1 aromatic rings. The van der Waals surface area contributed by atoms with Crippen LogP contribution in [-0.2, 0) is 9.59 Å². The molecule has 0 bridgehead atoms. The highest BCUT2D eigenvalue weighted by atomic mass is 16.2. The Morgan fingerprint density at radius 1 is 1.06 bits per heavy atom. The summed E-state index contributed by atoms with van der Waals surface area (Å²) in [6.45, 7) is 0. The van der Waals surface area contributed by atoms with Gasteiger partial charge in [0.15, 0.2) is 5.78 Å². The van der Waals surface area contributed by atoms with E-state index in [9.17, 15) is 14.4 Å². The van der Waals surface area contributed by atoms with Crippen molar-refractivity contribution in [3.63, 3.8) is 0 Å². The summed E-state index contributed by atoms with van der Waals surface area (Å²) in [7, 11) is 0. The molecule has 88 valence electrons. The highest BCUT2D eigenvalue weighted by Crippen LogP contribution is 2.08. The number of carbonyl (C=O) groups is 3. The maximum Gasteiger partial charge on any atom is 0.232 e. The molecule has 1 aliphatic carbocycles. The molecule has 0 radical (unpaired) electrons. The number of rotatable bonds is 3. The lowest BCUT2D eigenvalue weighted by Crippen LogP contribution is -2.15. The van der Waals surface area contributed by atoms with Crippen LogP contribution < -0.4 is 0 Å². The van der Waals surface area contributed by atoms with Gasteiger partial charge in [0.25, 0.3) is 0 Å². The predicted octanol–water partition coefficient (Wildman–Crippen LogP) is 2.06. The lowest BCUT2D eigenvalue weighted by molar-refractivity contribution is -0.131. The van der Waals surface area contributed by atoms with E-state index in [4.69, 9.17) is 0 Å². The Morgan fingerprint density at radius 2 is 1.78 bits per heavy atom. The van der Waals surface area contributed by atoms with Crippen LogP contribution in [0.4, 0.5) is 0 Å². The number of hydrogen-bond acceptors (Lipinski definition) is 3. The topological polar surface area (TPSA) is 51.2 Å². The maximum absolute atomic E-state index is 11.7. The molecule has 0 spiro atoms. The molecule has 0 N–H and O–H groups in total. The van der Waals surface area contributed by atoms with Crippen LogP contribution in [-0.4, -0.2) is 17.3 Å². The van der Waals surface area contributed by atoms with E-state index < -0.39 is 11.6 Å². The Labute approximate surface area is 104 Å². The second-order valence-electron chi connectivity index (χ2n) is 3.74. The third-order valence-corrected chi connectivity index (χ3v) is 2.48. The Kier molecular flexibility index (Phi) is 3.44. The molecule has 3 nitrogen and oxygen atoms in total. The number of benzene rings is 1. The quantitative estimate of drug-likeness (QED) is 0.350. The fourth-order valence-corrected chi connectivity index (χ4v) is 1.53. The van der Waals surface area contributed by atoms with Crippen molar-refractivity contribution in [2.75, 3.05) is 0 Å². The highest BCUT2D eigenvalue weighted by Gasteiger charge is 2.16. The van der Waals surface area contributed by atoms with Gasteiger partial charge in [-0.3, -0.25) is 14.4 Å². The van der Waals surface area contributed by atoms with E-state index in [0.717, 1.165) is 0 Å². The average Bonchev–Trinajstić information content (AvgIpc) is 2.41. The number of allylic oxidation sites excluding steroid dienone is 6. The number of hydrogen-bond donors (Lipinski definition) is 0. The monoisotopic (exact) mass is 238 g/mol. The van der Waals surface area contributed by atoms with E-state index in [-0.39, 0.29) is 11.4 Å². The van der Waals surface area contributed by atoms with Crippen molar-refractivity contribution in [1.82, 2.24) is 0 Å². The third kappa shape index (κ3) is 2.58.